The van der Waals surface area contributed by atoms with Gasteiger partial charge in [0.15, 0.2) is 0 Å². The summed E-state index contributed by atoms with van der Waals surface area (Å²) < 4.78 is 0. The van der Waals surface area contributed by atoms with Crippen LogP contribution in [0.3, 0.4) is 0 Å². The van der Waals surface area contributed by atoms with Gasteiger partial charge in [0.05, 0.1) is 5.69 Å². The zero-order valence-electron chi connectivity index (χ0n) is 31.1. The second-order valence-corrected chi connectivity index (χ2v) is 14.0. The Kier molecular flexibility index (Phi) is 11.4. The monoisotopic (exact) mass is 671 g/mol. The third-order valence-electron chi connectivity index (χ3n) is 11.1. The fourth-order valence-corrected chi connectivity index (χ4v) is 8.31. The standard InChI is InChI=1S/C48H53N3/c1-7-9-10-23-34-48(40-32-33-41(8-2)49-35-40)37(4)46(36(3)39(6)50(42-24-15-11-16-25-42)43-26-17-12-18-27-43)47(38(48)5)51(44-28-19-13-20-29-44)45-30-21-14-22-31-45/h8,11-22,24-33,35-36,39H,2,7,9-10,23,34H2,1,3-6H3/t36-,39-,48?/m0/s1. The average Bonchev–Trinajstić information content (AvgIpc) is 3.40. The number of pyridine rings is 1. The minimum atomic E-state index is -0.300. The first kappa shape index (κ1) is 35.7. The summed E-state index contributed by atoms with van der Waals surface area (Å²) >= 11 is 0. The molecule has 0 N–H and O–H groups in total. The lowest BCUT2D eigenvalue weighted by molar-refractivity contribution is 0.487. The van der Waals surface area contributed by atoms with Gasteiger partial charge in [-0.05, 0) is 105 Å². The highest BCUT2D eigenvalue weighted by Crippen LogP contribution is 2.56. The predicted octanol–water partition coefficient (Wildman–Crippen LogP) is 13.2. The van der Waals surface area contributed by atoms with Crippen molar-refractivity contribution >= 4 is 28.8 Å². The Labute approximate surface area is 306 Å². The van der Waals surface area contributed by atoms with E-state index < -0.39 is 0 Å². The molecule has 0 saturated heterocycles. The zero-order valence-corrected chi connectivity index (χ0v) is 31.1. The molecule has 0 spiro atoms. The molecule has 0 aliphatic heterocycles. The van der Waals surface area contributed by atoms with E-state index in [0.29, 0.717) is 0 Å². The van der Waals surface area contributed by atoms with Crippen LogP contribution >= 0.6 is 0 Å². The smallest absolute Gasteiger partial charge is 0.0623 e. The molecular weight excluding hydrogens is 619 g/mol. The fraction of sp³-hybridized carbons (Fsp3) is 0.271. The van der Waals surface area contributed by atoms with Crippen LogP contribution in [-0.4, -0.2) is 11.0 Å². The van der Waals surface area contributed by atoms with Crippen LogP contribution in [0.25, 0.3) is 6.08 Å². The van der Waals surface area contributed by atoms with Gasteiger partial charge in [-0.25, -0.2) is 0 Å². The molecular formula is C48H53N3. The molecule has 3 atom stereocenters. The number of benzene rings is 4. The summed E-state index contributed by atoms with van der Waals surface area (Å²) in [5.41, 5.74) is 12.1. The van der Waals surface area contributed by atoms with E-state index in [1.807, 2.05) is 6.08 Å². The molecule has 6 rings (SSSR count). The van der Waals surface area contributed by atoms with Gasteiger partial charge in [0.25, 0.3) is 0 Å². The molecule has 0 radical (unpaired) electrons. The normalized spacial score (nSPS) is 17.0. The second kappa shape index (κ2) is 16.2. The van der Waals surface area contributed by atoms with E-state index in [0.717, 1.165) is 29.9 Å². The van der Waals surface area contributed by atoms with Crippen LogP contribution in [0.4, 0.5) is 22.7 Å². The van der Waals surface area contributed by atoms with Gasteiger partial charge in [0, 0.05) is 52.0 Å². The molecule has 1 unspecified atom stereocenters. The number of aromatic nitrogens is 1. The van der Waals surface area contributed by atoms with Crippen LogP contribution in [0.1, 0.15) is 78.0 Å². The number of nitrogens with zero attached hydrogens (tertiary/aromatic N) is 3. The van der Waals surface area contributed by atoms with Gasteiger partial charge < -0.3 is 9.80 Å². The van der Waals surface area contributed by atoms with E-state index in [1.54, 1.807) is 0 Å². The molecule has 0 fully saturated rings. The summed E-state index contributed by atoms with van der Waals surface area (Å²) in [6.45, 7) is 16.0. The van der Waals surface area contributed by atoms with Crippen molar-refractivity contribution in [3.8, 4) is 0 Å². The number of hydrogen-bond donors (Lipinski definition) is 0. The summed E-state index contributed by atoms with van der Waals surface area (Å²) in [5, 5.41) is 0. The lowest BCUT2D eigenvalue weighted by Crippen LogP contribution is -2.36. The Morgan fingerprint density at radius 2 is 1.16 bits per heavy atom. The number of rotatable bonds is 15. The quantitative estimate of drug-likeness (QED) is 0.103. The van der Waals surface area contributed by atoms with Gasteiger partial charge in [-0.15, -0.1) is 0 Å². The van der Waals surface area contributed by atoms with E-state index in [-0.39, 0.29) is 17.4 Å². The minimum Gasteiger partial charge on any atom is -0.338 e. The van der Waals surface area contributed by atoms with Gasteiger partial charge in [0.1, 0.15) is 0 Å². The highest BCUT2D eigenvalue weighted by Gasteiger charge is 2.48. The fourth-order valence-electron chi connectivity index (χ4n) is 8.31. The summed E-state index contributed by atoms with van der Waals surface area (Å²) in [7, 11) is 0. The first-order chi connectivity index (χ1) is 24.9. The topological polar surface area (TPSA) is 19.4 Å². The number of anilines is 4. The molecule has 0 bridgehead atoms. The predicted molar refractivity (Wildman–Crippen MR) is 219 cm³/mol. The third-order valence-corrected chi connectivity index (χ3v) is 11.1. The van der Waals surface area contributed by atoms with E-state index in [1.165, 1.54) is 58.6 Å². The maximum Gasteiger partial charge on any atom is 0.0623 e. The first-order valence-corrected chi connectivity index (χ1v) is 18.7. The zero-order chi connectivity index (χ0) is 35.8. The Hall–Kier alpha value is -5.15. The van der Waals surface area contributed by atoms with Gasteiger partial charge in [-0.3, -0.25) is 4.98 Å². The van der Waals surface area contributed by atoms with E-state index >= 15 is 0 Å². The van der Waals surface area contributed by atoms with Crippen LogP contribution < -0.4 is 9.80 Å². The molecule has 1 heterocycles. The van der Waals surface area contributed by atoms with Gasteiger partial charge in [-0.1, -0.05) is 131 Å². The minimum absolute atomic E-state index is 0.133. The van der Waals surface area contributed by atoms with Crippen molar-refractivity contribution in [2.75, 3.05) is 9.80 Å². The Morgan fingerprint density at radius 3 is 1.61 bits per heavy atom. The summed E-state index contributed by atoms with van der Waals surface area (Å²) in [5.74, 6) is 0.156. The van der Waals surface area contributed by atoms with Crippen molar-refractivity contribution in [1.82, 2.24) is 4.98 Å². The first-order valence-electron chi connectivity index (χ1n) is 18.7. The molecule has 260 valence electrons. The van der Waals surface area contributed by atoms with Crippen molar-refractivity contribution in [1.29, 1.82) is 0 Å². The van der Waals surface area contributed by atoms with E-state index in [4.69, 9.17) is 4.98 Å². The van der Waals surface area contributed by atoms with Crippen LogP contribution in [0.15, 0.2) is 169 Å². The molecule has 3 heteroatoms. The molecule has 0 amide bonds. The largest absolute Gasteiger partial charge is 0.338 e. The molecule has 1 aliphatic rings. The number of para-hydroxylation sites is 4. The Bertz CT molecular complexity index is 1850. The molecule has 51 heavy (non-hydrogen) atoms. The van der Waals surface area contributed by atoms with Crippen LogP contribution in [-0.2, 0) is 5.41 Å². The maximum absolute atomic E-state index is 4.91. The van der Waals surface area contributed by atoms with Crippen molar-refractivity contribution in [3.63, 3.8) is 0 Å². The Balaban J connectivity index is 1.62. The van der Waals surface area contributed by atoms with Crippen LogP contribution in [0, 0.1) is 5.92 Å². The van der Waals surface area contributed by atoms with Crippen LogP contribution in [0.2, 0.25) is 0 Å². The van der Waals surface area contributed by atoms with Crippen molar-refractivity contribution in [3.05, 3.63) is 180 Å². The summed E-state index contributed by atoms with van der Waals surface area (Å²) in [4.78, 5) is 9.96. The SMILES string of the molecule is C=Cc1ccc(C2(CCCCCC)C(C)=C([C@@H](C)[C@H](C)N(c3ccccc3)c3ccccc3)C(N(c3ccccc3)c3ccccc3)=C2C)cn1. The molecule has 1 aromatic heterocycles. The number of unbranched alkanes of at least 4 members (excludes halogenated alkanes) is 3. The lowest BCUT2D eigenvalue weighted by atomic mass is 9.68. The maximum atomic E-state index is 4.91. The van der Waals surface area contributed by atoms with Crippen molar-refractivity contribution in [2.45, 2.75) is 78.2 Å². The molecule has 5 aromatic rings. The summed E-state index contributed by atoms with van der Waals surface area (Å²) in [6.07, 6.45) is 9.80. The second-order valence-electron chi connectivity index (χ2n) is 14.0. The highest BCUT2D eigenvalue weighted by molar-refractivity contribution is 5.77. The molecule has 0 saturated carbocycles. The molecule has 3 nitrogen and oxygen atoms in total. The number of allylic oxidation sites excluding steroid dienone is 3. The lowest BCUT2D eigenvalue weighted by Gasteiger charge is -2.38. The van der Waals surface area contributed by atoms with E-state index in [2.05, 4.69) is 191 Å². The van der Waals surface area contributed by atoms with E-state index in [9.17, 15) is 0 Å². The molecule has 1 aliphatic carbocycles. The van der Waals surface area contributed by atoms with Gasteiger partial charge >= 0.3 is 0 Å². The Morgan fingerprint density at radius 1 is 0.647 bits per heavy atom. The number of hydrogen-bond acceptors (Lipinski definition) is 3. The van der Waals surface area contributed by atoms with Gasteiger partial charge in [0.2, 0.25) is 0 Å². The van der Waals surface area contributed by atoms with Gasteiger partial charge in [-0.2, -0.15) is 0 Å². The van der Waals surface area contributed by atoms with Crippen molar-refractivity contribution < 1.29 is 0 Å². The molecule has 4 aromatic carbocycles. The van der Waals surface area contributed by atoms with Crippen LogP contribution in [0.5, 0.6) is 0 Å². The summed E-state index contributed by atoms with van der Waals surface area (Å²) in [6, 6.07) is 48.1. The van der Waals surface area contributed by atoms with Crippen molar-refractivity contribution in [2.24, 2.45) is 5.92 Å². The third kappa shape index (κ3) is 7.08. The average molecular weight is 672 g/mol. The highest BCUT2D eigenvalue weighted by atomic mass is 15.2.